The van der Waals surface area contributed by atoms with Gasteiger partial charge in [-0.15, -0.1) is 0 Å². The third kappa shape index (κ3) is 4.97. The van der Waals surface area contributed by atoms with Gasteiger partial charge in [0.15, 0.2) is 0 Å². The van der Waals surface area contributed by atoms with Crippen molar-refractivity contribution in [3.8, 4) is 0 Å². The van der Waals surface area contributed by atoms with E-state index in [9.17, 15) is 0 Å². The highest BCUT2D eigenvalue weighted by molar-refractivity contribution is 5.43. The molecule has 1 aliphatic heterocycles. The first-order valence-corrected chi connectivity index (χ1v) is 7.96. The van der Waals surface area contributed by atoms with Crippen molar-refractivity contribution in [2.75, 3.05) is 24.6 Å². The van der Waals surface area contributed by atoms with Crippen molar-refractivity contribution >= 4 is 5.82 Å². The number of aromatic nitrogens is 1. The average Bonchev–Trinajstić information content (AvgIpc) is 2.44. The Morgan fingerprint density at radius 2 is 2.14 bits per heavy atom. The molecule has 2 heterocycles. The molecule has 0 saturated carbocycles. The molecule has 4 heteroatoms. The summed E-state index contributed by atoms with van der Waals surface area (Å²) in [5.41, 5.74) is 2.51. The molecule has 21 heavy (non-hydrogen) atoms. The molecule has 1 aromatic rings. The van der Waals surface area contributed by atoms with E-state index in [1.54, 1.807) is 0 Å². The van der Waals surface area contributed by atoms with Crippen molar-refractivity contribution in [1.29, 1.82) is 0 Å². The standard InChI is InChI=1S/C17H29N3O/c1-6-15-12-20(7-8-21-15)16-10-14(9-13(2)19-16)11-18-17(3,4)5/h9-10,15,18H,6-8,11-12H2,1-5H3. The summed E-state index contributed by atoms with van der Waals surface area (Å²) in [6.45, 7) is 14.4. The Hall–Kier alpha value is -1.13. The van der Waals surface area contributed by atoms with Crippen molar-refractivity contribution in [2.24, 2.45) is 0 Å². The Morgan fingerprint density at radius 1 is 1.38 bits per heavy atom. The van der Waals surface area contributed by atoms with E-state index in [4.69, 9.17) is 9.72 Å². The molecule has 0 bridgehead atoms. The van der Waals surface area contributed by atoms with E-state index in [0.29, 0.717) is 6.10 Å². The number of nitrogens with zero attached hydrogens (tertiary/aromatic N) is 2. The van der Waals surface area contributed by atoms with Gasteiger partial charge in [0, 0.05) is 30.9 Å². The fourth-order valence-electron chi connectivity index (χ4n) is 2.53. The maximum atomic E-state index is 5.75. The lowest BCUT2D eigenvalue weighted by molar-refractivity contribution is 0.0381. The zero-order chi connectivity index (χ0) is 15.5. The van der Waals surface area contributed by atoms with Gasteiger partial charge in [-0.25, -0.2) is 4.98 Å². The van der Waals surface area contributed by atoms with E-state index in [0.717, 1.165) is 44.2 Å². The number of morpholine rings is 1. The van der Waals surface area contributed by atoms with Crippen LogP contribution in [0.2, 0.25) is 0 Å². The molecular formula is C17H29N3O. The highest BCUT2D eigenvalue weighted by atomic mass is 16.5. The Labute approximate surface area is 128 Å². The maximum Gasteiger partial charge on any atom is 0.129 e. The number of pyridine rings is 1. The van der Waals surface area contributed by atoms with E-state index < -0.39 is 0 Å². The van der Waals surface area contributed by atoms with Gasteiger partial charge in [0.1, 0.15) is 5.82 Å². The minimum atomic E-state index is 0.129. The predicted octanol–water partition coefficient (Wildman–Crippen LogP) is 2.89. The van der Waals surface area contributed by atoms with Crippen LogP contribution >= 0.6 is 0 Å². The molecule has 0 amide bonds. The summed E-state index contributed by atoms with van der Waals surface area (Å²) in [7, 11) is 0. The summed E-state index contributed by atoms with van der Waals surface area (Å²) in [4.78, 5) is 7.07. The highest BCUT2D eigenvalue weighted by Gasteiger charge is 2.20. The highest BCUT2D eigenvalue weighted by Crippen LogP contribution is 2.19. The van der Waals surface area contributed by atoms with Crippen LogP contribution in [0.1, 0.15) is 45.4 Å². The van der Waals surface area contributed by atoms with E-state index in [2.05, 4.69) is 57.0 Å². The fourth-order valence-corrected chi connectivity index (χ4v) is 2.53. The molecule has 118 valence electrons. The fraction of sp³-hybridized carbons (Fsp3) is 0.706. The normalized spacial score (nSPS) is 19.9. The van der Waals surface area contributed by atoms with Gasteiger partial charge in [-0.05, 0) is 51.8 Å². The number of nitrogens with one attached hydrogen (secondary N) is 1. The summed E-state index contributed by atoms with van der Waals surface area (Å²) in [6.07, 6.45) is 1.39. The van der Waals surface area contributed by atoms with Crippen molar-refractivity contribution in [3.63, 3.8) is 0 Å². The molecule has 4 nitrogen and oxygen atoms in total. The second kappa shape index (κ2) is 6.75. The summed E-state index contributed by atoms with van der Waals surface area (Å²) in [5, 5.41) is 3.54. The quantitative estimate of drug-likeness (QED) is 0.925. The van der Waals surface area contributed by atoms with Gasteiger partial charge in [0.25, 0.3) is 0 Å². The van der Waals surface area contributed by atoms with Crippen molar-refractivity contribution in [1.82, 2.24) is 10.3 Å². The first kappa shape index (κ1) is 16.2. The van der Waals surface area contributed by atoms with Crippen LogP contribution < -0.4 is 10.2 Å². The lowest BCUT2D eigenvalue weighted by atomic mass is 10.1. The van der Waals surface area contributed by atoms with Gasteiger partial charge in [0.05, 0.1) is 12.7 Å². The SMILES string of the molecule is CCC1CN(c2cc(CNC(C)(C)C)cc(C)n2)CCO1. The van der Waals surface area contributed by atoms with Gasteiger partial charge in [-0.2, -0.15) is 0 Å². The molecule has 1 fully saturated rings. The number of aryl methyl sites for hydroxylation is 1. The lowest BCUT2D eigenvalue weighted by Crippen LogP contribution is -2.42. The van der Waals surface area contributed by atoms with Crippen LogP contribution in [0.25, 0.3) is 0 Å². The number of rotatable bonds is 4. The first-order chi connectivity index (χ1) is 9.87. The van der Waals surface area contributed by atoms with Crippen LogP contribution in [-0.4, -0.2) is 36.3 Å². The molecule has 1 N–H and O–H groups in total. The number of hydrogen-bond donors (Lipinski definition) is 1. The van der Waals surface area contributed by atoms with Gasteiger partial charge in [-0.1, -0.05) is 6.92 Å². The van der Waals surface area contributed by atoms with E-state index in [1.165, 1.54) is 5.56 Å². The summed E-state index contributed by atoms with van der Waals surface area (Å²) < 4.78 is 5.75. The van der Waals surface area contributed by atoms with E-state index in [-0.39, 0.29) is 5.54 Å². The third-order valence-corrected chi connectivity index (χ3v) is 3.74. The Bertz CT molecular complexity index is 468. The van der Waals surface area contributed by atoms with Gasteiger partial charge in [0.2, 0.25) is 0 Å². The smallest absolute Gasteiger partial charge is 0.129 e. The molecule has 1 aliphatic rings. The molecule has 1 atom stereocenters. The van der Waals surface area contributed by atoms with Crippen LogP contribution in [0.3, 0.4) is 0 Å². The zero-order valence-corrected chi connectivity index (χ0v) is 14.1. The second-order valence-electron chi connectivity index (χ2n) is 6.93. The summed E-state index contributed by atoms with van der Waals surface area (Å²) >= 11 is 0. The molecule has 1 unspecified atom stereocenters. The van der Waals surface area contributed by atoms with Crippen LogP contribution in [0, 0.1) is 6.92 Å². The average molecular weight is 291 g/mol. The minimum absolute atomic E-state index is 0.129. The lowest BCUT2D eigenvalue weighted by Gasteiger charge is -2.33. The van der Waals surface area contributed by atoms with Crippen LogP contribution in [-0.2, 0) is 11.3 Å². The molecule has 0 spiro atoms. The minimum Gasteiger partial charge on any atom is -0.375 e. The Balaban J connectivity index is 2.11. The van der Waals surface area contributed by atoms with E-state index in [1.807, 2.05) is 0 Å². The molecule has 1 saturated heterocycles. The Kier molecular flexibility index (Phi) is 5.22. The van der Waals surface area contributed by atoms with Gasteiger partial charge in [-0.3, -0.25) is 0 Å². The van der Waals surface area contributed by atoms with Gasteiger partial charge >= 0.3 is 0 Å². The van der Waals surface area contributed by atoms with Crippen LogP contribution in [0.4, 0.5) is 5.82 Å². The van der Waals surface area contributed by atoms with Gasteiger partial charge < -0.3 is 15.0 Å². The molecule has 0 aromatic carbocycles. The van der Waals surface area contributed by atoms with Crippen LogP contribution in [0.5, 0.6) is 0 Å². The number of hydrogen-bond acceptors (Lipinski definition) is 4. The molecule has 1 aromatic heterocycles. The maximum absolute atomic E-state index is 5.75. The summed E-state index contributed by atoms with van der Waals surface area (Å²) in [6, 6.07) is 4.38. The monoisotopic (exact) mass is 291 g/mol. The zero-order valence-electron chi connectivity index (χ0n) is 14.1. The summed E-state index contributed by atoms with van der Waals surface area (Å²) in [5.74, 6) is 1.09. The third-order valence-electron chi connectivity index (χ3n) is 3.74. The van der Waals surface area contributed by atoms with Crippen molar-refractivity contribution < 1.29 is 4.74 Å². The molecule has 2 rings (SSSR count). The predicted molar refractivity (Wildman–Crippen MR) is 87.8 cm³/mol. The first-order valence-electron chi connectivity index (χ1n) is 7.96. The number of anilines is 1. The molecular weight excluding hydrogens is 262 g/mol. The molecule has 0 radical (unpaired) electrons. The van der Waals surface area contributed by atoms with Crippen LogP contribution in [0.15, 0.2) is 12.1 Å². The Morgan fingerprint density at radius 3 is 2.81 bits per heavy atom. The topological polar surface area (TPSA) is 37.4 Å². The second-order valence-corrected chi connectivity index (χ2v) is 6.93. The van der Waals surface area contributed by atoms with E-state index >= 15 is 0 Å². The number of ether oxygens (including phenoxy) is 1. The van der Waals surface area contributed by atoms with Crippen molar-refractivity contribution in [2.45, 2.75) is 59.2 Å². The largest absolute Gasteiger partial charge is 0.375 e. The van der Waals surface area contributed by atoms with Crippen molar-refractivity contribution in [3.05, 3.63) is 23.4 Å². The molecule has 0 aliphatic carbocycles.